The highest BCUT2D eigenvalue weighted by Crippen LogP contribution is 1.99. The Morgan fingerprint density at radius 2 is 2.20 bits per heavy atom. The number of nitrogens with two attached hydrogens (primary N) is 2. The van der Waals surface area contributed by atoms with Gasteiger partial charge in [-0.05, 0) is 12.8 Å². The molecule has 0 fully saturated rings. The van der Waals surface area contributed by atoms with Crippen molar-refractivity contribution in [1.29, 1.82) is 5.41 Å². The lowest BCUT2D eigenvalue weighted by Gasteiger charge is -2.11. The zero-order chi connectivity index (χ0) is 11.1. The summed E-state index contributed by atoms with van der Waals surface area (Å²) in [5.41, 5.74) is 10.3. The standard InChI is InChI=1S/C6H15N5O3.BrH/c7-4(5(12)11(13)14)2-1-3-10-6(8)9;/h4-5,12H,1-3,7H2,(H4,8,9,10);1H/t4-,5?;/m0./s1. The minimum atomic E-state index is -1.73. The van der Waals surface area contributed by atoms with Crippen molar-refractivity contribution < 1.29 is 10.0 Å². The third-order valence-electron chi connectivity index (χ3n) is 1.63. The van der Waals surface area contributed by atoms with E-state index >= 15 is 0 Å². The molecule has 0 radical (unpaired) electrons. The summed E-state index contributed by atoms with van der Waals surface area (Å²) in [5, 5.41) is 28.3. The molecule has 8 nitrogen and oxygen atoms in total. The highest BCUT2D eigenvalue weighted by Gasteiger charge is 2.24. The Bertz CT molecular complexity index is 215. The van der Waals surface area contributed by atoms with Crippen molar-refractivity contribution in [3.8, 4) is 0 Å². The van der Waals surface area contributed by atoms with E-state index in [0.717, 1.165) is 0 Å². The first-order chi connectivity index (χ1) is 6.45. The maximum absolute atomic E-state index is 10.1. The summed E-state index contributed by atoms with van der Waals surface area (Å²) < 4.78 is 0. The topological polar surface area (TPSA) is 151 Å². The highest BCUT2D eigenvalue weighted by atomic mass is 79.9. The molecule has 0 aromatic carbocycles. The van der Waals surface area contributed by atoms with E-state index in [4.69, 9.17) is 22.0 Å². The van der Waals surface area contributed by atoms with Crippen LogP contribution >= 0.6 is 17.0 Å². The SMILES string of the molecule is Br.N=C(N)NCCC[C@H](N)C(O)[N+](=O)[O-]. The number of nitrogens with zero attached hydrogens (tertiary/aromatic N) is 1. The molecule has 7 N–H and O–H groups in total. The molecule has 0 bridgehead atoms. The lowest BCUT2D eigenvalue weighted by Crippen LogP contribution is -2.41. The van der Waals surface area contributed by atoms with Crippen LogP contribution in [0.15, 0.2) is 0 Å². The summed E-state index contributed by atoms with van der Waals surface area (Å²) in [7, 11) is 0. The third-order valence-corrected chi connectivity index (χ3v) is 1.63. The number of hydrogen-bond acceptors (Lipinski definition) is 5. The van der Waals surface area contributed by atoms with E-state index in [9.17, 15) is 10.1 Å². The fourth-order valence-corrected chi connectivity index (χ4v) is 0.866. The molecule has 2 atom stereocenters. The molecule has 0 aromatic rings. The molecule has 0 aliphatic carbocycles. The van der Waals surface area contributed by atoms with Crippen molar-refractivity contribution in [2.75, 3.05) is 6.54 Å². The van der Waals surface area contributed by atoms with Gasteiger partial charge in [0.25, 0.3) is 0 Å². The van der Waals surface area contributed by atoms with Crippen LogP contribution in [0.25, 0.3) is 0 Å². The Balaban J connectivity index is 0. The third kappa shape index (κ3) is 8.09. The number of rotatable bonds is 6. The zero-order valence-corrected chi connectivity index (χ0v) is 9.76. The maximum atomic E-state index is 10.1. The van der Waals surface area contributed by atoms with Crippen molar-refractivity contribution in [3.05, 3.63) is 10.1 Å². The normalized spacial score (nSPS) is 13.5. The van der Waals surface area contributed by atoms with Gasteiger partial charge in [-0.3, -0.25) is 15.5 Å². The van der Waals surface area contributed by atoms with Crippen molar-refractivity contribution in [2.45, 2.75) is 25.1 Å². The minimum Gasteiger partial charge on any atom is -0.370 e. The van der Waals surface area contributed by atoms with Crippen molar-refractivity contribution in [3.63, 3.8) is 0 Å². The number of aliphatic hydroxyl groups is 1. The average Bonchev–Trinajstić information content (AvgIpc) is 2.10. The largest absolute Gasteiger partial charge is 0.370 e. The van der Waals surface area contributed by atoms with Crippen LogP contribution in [-0.4, -0.2) is 34.8 Å². The van der Waals surface area contributed by atoms with Gasteiger partial charge in [-0.15, -0.1) is 17.0 Å². The monoisotopic (exact) mass is 285 g/mol. The van der Waals surface area contributed by atoms with Crippen LogP contribution in [0.2, 0.25) is 0 Å². The van der Waals surface area contributed by atoms with E-state index in [1.165, 1.54) is 0 Å². The Labute approximate surface area is 97.4 Å². The van der Waals surface area contributed by atoms with E-state index < -0.39 is 17.2 Å². The summed E-state index contributed by atoms with van der Waals surface area (Å²) in [6.07, 6.45) is -0.930. The van der Waals surface area contributed by atoms with E-state index in [1.807, 2.05) is 0 Å². The van der Waals surface area contributed by atoms with Gasteiger partial charge in [-0.1, -0.05) is 0 Å². The predicted octanol–water partition coefficient (Wildman–Crippen LogP) is -1.25. The number of nitro groups is 1. The van der Waals surface area contributed by atoms with Crippen LogP contribution < -0.4 is 16.8 Å². The number of aliphatic hydroxyl groups excluding tert-OH is 1. The molecule has 9 heteroatoms. The van der Waals surface area contributed by atoms with E-state index in [-0.39, 0.29) is 22.9 Å². The predicted molar refractivity (Wildman–Crippen MR) is 60.4 cm³/mol. The molecule has 0 saturated heterocycles. The van der Waals surface area contributed by atoms with Crippen LogP contribution in [0, 0.1) is 15.5 Å². The van der Waals surface area contributed by atoms with Gasteiger partial charge in [0.15, 0.2) is 5.96 Å². The average molecular weight is 286 g/mol. The van der Waals surface area contributed by atoms with Gasteiger partial charge in [0.1, 0.15) is 0 Å². The molecule has 0 spiro atoms. The van der Waals surface area contributed by atoms with Crippen LogP contribution in [-0.2, 0) is 0 Å². The molecular weight excluding hydrogens is 270 g/mol. The van der Waals surface area contributed by atoms with E-state index in [0.29, 0.717) is 19.4 Å². The van der Waals surface area contributed by atoms with Gasteiger partial charge in [-0.2, -0.15) is 0 Å². The Morgan fingerprint density at radius 1 is 1.67 bits per heavy atom. The van der Waals surface area contributed by atoms with Crippen LogP contribution in [0.5, 0.6) is 0 Å². The highest BCUT2D eigenvalue weighted by molar-refractivity contribution is 8.93. The Hall–Kier alpha value is -0.930. The second-order valence-corrected chi connectivity index (χ2v) is 2.85. The molecule has 0 amide bonds. The molecule has 0 aliphatic heterocycles. The number of guanidine groups is 1. The first-order valence-corrected chi connectivity index (χ1v) is 4.10. The molecule has 90 valence electrons. The fraction of sp³-hybridized carbons (Fsp3) is 0.833. The summed E-state index contributed by atoms with van der Waals surface area (Å²) in [5.74, 6) is -0.159. The maximum Gasteiger partial charge on any atom is 0.328 e. The molecule has 0 rings (SSSR count). The van der Waals surface area contributed by atoms with Crippen LogP contribution in [0.4, 0.5) is 0 Å². The quantitative estimate of drug-likeness (QED) is 0.103. The second kappa shape index (κ2) is 8.38. The van der Waals surface area contributed by atoms with Crippen LogP contribution in [0.3, 0.4) is 0 Å². The molecule has 0 heterocycles. The second-order valence-electron chi connectivity index (χ2n) is 2.85. The van der Waals surface area contributed by atoms with E-state index in [2.05, 4.69) is 5.32 Å². The summed E-state index contributed by atoms with van der Waals surface area (Å²) >= 11 is 0. The van der Waals surface area contributed by atoms with Gasteiger partial charge in [0.2, 0.25) is 0 Å². The van der Waals surface area contributed by atoms with Crippen molar-refractivity contribution in [1.82, 2.24) is 5.32 Å². The van der Waals surface area contributed by atoms with Gasteiger partial charge >= 0.3 is 6.23 Å². The summed E-state index contributed by atoms with van der Waals surface area (Å²) in [6, 6.07) is -0.890. The van der Waals surface area contributed by atoms with Gasteiger partial charge in [0.05, 0.1) is 11.0 Å². The molecular formula is C6H16BrN5O3. The van der Waals surface area contributed by atoms with Crippen molar-refractivity contribution in [2.24, 2.45) is 11.5 Å². The fourth-order valence-electron chi connectivity index (χ4n) is 0.866. The molecule has 0 aromatic heterocycles. The first kappa shape index (κ1) is 16.5. The lowest BCUT2D eigenvalue weighted by atomic mass is 10.1. The molecule has 15 heavy (non-hydrogen) atoms. The minimum absolute atomic E-state index is 0. The van der Waals surface area contributed by atoms with E-state index in [1.54, 1.807) is 0 Å². The molecule has 1 unspecified atom stereocenters. The Morgan fingerprint density at radius 3 is 2.60 bits per heavy atom. The van der Waals surface area contributed by atoms with Gasteiger partial charge < -0.3 is 21.9 Å². The zero-order valence-electron chi connectivity index (χ0n) is 8.05. The number of halogens is 1. The first-order valence-electron chi connectivity index (χ1n) is 4.10. The smallest absolute Gasteiger partial charge is 0.328 e. The van der Waals surface area contributed by atoms with Gasteiger partial charge in [0, 0.05) is 6.54 Å². The Kier molecular flexibility index (Phi) is 9.22. The summed E-state index contributed by atoms with van der Waals surface area (Å²) in [4.78, 5) is 9.26. The number of nitrogens with one attached hydrogen (secondary N) is 2. The lowest BCUT2D eigenvalue weighted by molar-refractivity contribution is -0.573. The van der Waals surface area contributed by atoms with Crippen LogP contribution in [0.1, 0.15) is 12.8 Å². The molecule has 0 saturated carbocycles. The molecule has 0 aliphatic rings. The summed E-state index contributed by atoms with van der Waals surface area (Å²) in [6.45, 7) is 0.410. The number of hydrogen-bond donors (Lipinski definition) is 5. The van der Waals surface area contributed by atoms with Crippen molar-refractivity contribution >= 4 is 22.9 Å². The van der Waals surface area contributed by atoms with Gasteiger partial charge in [-0.25, -0.2) is 0 Å².